The molecule has 2 aromatic heterocycles. The van der Waals surface area contributed by atoms with E-state index in [1.54, 1.807) is 18.7 Å². The van der Waals surface area contributed by atoms with Crippen molar-refractivity contribution < 1.29 is 0 Å². The van der Waals surface area contributed by atoms with Gasteiger partial charge >= 0.3 is 0 Å². The van der Waals surface area contributed by atoms with Gasteiger partial charge in [0.05, 0.1) is 0 Å². The van der Waals surface area contributed by atoms with E-state index in [0.717, 1.165) is 43.3 Å². The third kappa shape index (κ3) is 2.58. The predicted molar refractivity (Wildman–Crippen MR) is 80.8 cm³/mol. The minimum Gasteiger partial charge on any atom is -0.353 e. The topological polar surface area (TPSA) is 78.0 Å². The van der Waals surface area contributed by atoms with Crippen molar-refractivity contribution in [2.24, 2.45) is 0 Å². The van der Waals surface area contributed by atoms with Gasteiger partial charge in [-0.3, -0.25) is 4.79 Å². The quantitative estimate of drug-likeness (QED) is 0.866. The molecule has 1 fully saturated rings. The number of nitrogens with one attached hydrogen (secondary N) is 1. The molecule has 0 spiro atoms. The van der Waals surface area contributed by atoms with Crippen molar-refractivity contribution in [2.45, 2.75) is 13.8 Å². The molecule has 7 heteroatoms. The first kappa shape index (κ1) is 13.5. The molecule has 3 rings (SSSR count). The maximum Gasteiger partial charge on any atom is 0.290 e. The molecular weight excluding hydrogens is 268 g/mol. The zero-order valence-corrected chi connectivity index (χ0v) is 12.2. The first-order valence-corrected chi connectivity index (χ1v) is 6.98. The van der Waals surface area contributed by atoms with E-state index in [4.69, 9.17) is 0 Å². The van der Waals surface area contributed by atoms with E-state index in [-0.39, 0.29) is 5.56 Å². The van der Waals surface area contributed by atoms with Gasteiger partial charge in [0.1, 0.15) is 12.1 Å². The van der Waals surface area contributed by atoms with Crippen LogP contribution in [0, 0.1) is 13.8 Å². The molecule has 1 aliphatic rings. The molecule has 0 aliphatic carbocycles. The van der Waals surface area contributed by atoms with E-state index in [2.05, 4.69) is 24.8 Å². The van der Waals surface area contributed by atoms with E-state index >= 15 is 0 Å². The number of aryl methyl sites for hydroxylation is 1. The summed E-state index contributed by atoms with van der Waals surface area (Å²) in [5.41, 5.74) is 1.98. The highest BCUT2D eigenvalue weighted by molar-refractivity contribution is 5.49. The molecule has 1 saturated heterocycles. The summed E-state index contributed by atoms with van der Waals surface area (Å²) in [5.74, 6) is 1.48. The Morgan fingerprint density at radius 3 is 2.33 bits per heavy atom. The minimum atomic E-state index is -0.139. The van der Waals surface area contributed by atoms with E-state index in [0.29, 0.717) is 5.82 Å². The lowest BCUT2D eigenvalue weighted by Gasteiger charge is -2.36. The van der Waals surface area contributed by atoms with Crippen molar-refractivity contribution >= 4 is 11.6 Å². The molecule has 3 heterocycles. The van der Waals surface area contributed by atoms with Crippen LogP contribution in [0.25, 0.3) is 0 Å². The van der Waals surface area contributed by atoms with Gasteiger partial charge in [-0.2, -0.15) is 0 Å². The second-order valence-corrected chi connectivity index (χ2v) is 5.12. The molecular formula is C14H18N6O. The van der Waals surface area contributed by atoms with Crippen molar-refractivity contribution in [2.75, 3.05) is 36.0 Å². The number of hydrogen-bond acceptors (Lipinski definition) is 6. The fraction of sp³-hybridized carbons (Fsp3) is 0.429. The monoisotopic (exact) mass is 286 g/mol. The molecule has 0 unspecified atom stereocenters. The summed E-state index contributed by atoms with van der Waals surface area (Å²) >= 11 is 0. The maximum absolute atomic E-state index is 11.8. The Bertz CT molecular complexity index is 690. The number of aromatic amines is 1. The van der Waals surface area contributed by atoms with Gasteiger partial charge in [0.15, 0.2) is 5.82 Å². The fourth-order valence-corrected chi connectivity index (χ4v) is 2.54. The standard InChI is InChI=1S/C14H18N6O/c1-10-11(2)17-9-18-12(10)19-5-7-20(8-6-19)13-14(21)16-4-3-15-13/h3-4,9H,5-8H2,1-2H3,(H,16,21). The predicted octanol–water partition coefficient (Wildman–Crippen LogP) is 0.503. The van der Waals surface area contributed by atoms with Crippen molar-refractivity contribution in [1.29, 1.82) is 0 Å². The molecule has 0 saturated carbocycles. The van der Waals surface area contributed by atoms with Crippen LogP contribution >= 0.6 is 0 Å². The first-order valence-electron chi connectivity index (χ1n) is 6.98. The summed E-state index contributed by atoms with van der Waals surface area (Å²) in [7, 11) is 0. The summed E-state index contributed by atoms with van der Waals surface area (Å²) in [4.78, 5) is 31.4. The molecule has 0 amide bonds. The van der Waals surface area contributed by atoms with Crippen LogP contribution < -0.4 is 15.4 Å². The normalized spacial score (nSPS) is 15.3. The maximum atomic E-state index is 11.8. The average molecular weight is 286 g/mol. The van der Waals surface area contributed by atoms with E-state index in [1.807, 2.05) is 18.7 Å². The Morgan fingerprint density at radius 1 is 1.00 bits per heavy atom. The van der Waals surface area contributed by atoms with Gasteiger partial charge in [0.2, 0.25) is 0 Å². The number of anilines is 2. The fourth-order valence-electron chi connectivity index (χ4n) is 2.54. The molecule has 21 heavy (non-hydrogen) atoms. The summed E-state index contributed by atoms with van der Waals surface area (Å²) < 4.78 is 0. The zero-order valence-electron chi connectivity index (χ0n) is 12.2. The Balaban J connectivity index is 1.75. The van der Waals surface area contributed by atoms with Crippen LogP contribution in [0.4, 0.5) is 11.6 Å². The molecule has 1 N–H and O–H groups in total. The lowest BCUT2D eigenvalue weighted by atomic mass is 10.2. The Morgan fingerprint density at radius 2 is 1.67 bits per heavy atom. The van der Waals surface area contributed by atoms with Gasteiger partial charge in [0.25, 0.3) is 5.56 Å². The van der Waals surface area contributed by atoms with Crippen LogP contribution in [0.1, 0.15) is 11.3 Å². The molecule has 0 atom stereocenters. The molecule has 0 bridgehead atoms. The molecule has 2 aromatic rings. The third-order valence-corrected chi connectivity index (χ3v) is 3.88. The Kier molecular flexibility index (Phi) is 3.55. The first-order chi connectivity index (χ1) is 10.2. The lowest BCUT2D eigenvalue weighted by molar-refractivity contribution is 0.636. The van der Waals surface area contributed by atoms with Crippen molar-refractivity contribution in [3.8, 4) is 0 Å². The van der Waals surface area contributed by atoms with Crippen molar-refractivity contribution in [1.82, 2.24) is 19.9 Å². The highest BCUT2D eigenvalue weighted by atomic mass is 16.1. The SMILES string of the molecule is Cc1ncnc(N2CCN(c3ncc[nH]c3=O)CC2)c1C. The number of hydrogen-bond donors (Lipinski definition) is 1. The smallest absolute Gasteiger partial charge is 0.290 e. The molecule has 110 valence electrons. The molecule has 0 radical (unpaired) electrons. The number of H-pyrrole nitrogens is 1. The summed E-state index contributed by atoms with van der Waals surface area (Å²) in [6, 6.07) is 0. The second kappa shape index (κ2) is 5.51. The van der Waals surface area contributed by atoms with Crippen LogP contribution in [-0.4, -0.2) is 46.1 Å². The van der Waals surface area contributed by atoms with Crippen LogP contribution in [0.2, 0.25) is 0 Å². The number of rotatable bonds is 2. The Hall–Kier alpha value is -2.44. The van der Waals surface area contributed by atoms with Crippen molar-refractivity contribution in [3.05, 3.63) is 40.3 Å². The number of aromatic nitrogens is 4. The van der Waals surface area contributed by atoms with Gasteiger partial charge in [0, 0.05) is 49.8 Å². The van der Waals surface area contributed by atoms with Crippen molar-refractivity contribution in [3.63, 3.8) is 0 Å². The number of piperazine rings is 1. The second-order valence-electron chi connectivity index (χ2n) is 5.12. The van der Waals surface area contributed by atoms with Crippen LogP contribution in [0.15, 0.2) is 23.5 Å². The van der Waals surface area contributed by atoms with Gasteiger partial charge in [-0.25, -0.2) is 15.0 Å². The molecule has 1 aliphatic heterocycles. The highest BCUT2D eigenvalue weighted by Gasteiger charge is 2.22. The van der Waals surface area contributed by atoms with Crippen LogP contribution in [0.3, 0.4) is 0 Å². The largest absolute Gasteiger partial charge is 0.353 e. The van der Waals surface area contributed by atoms with Gasteiger partial charge in [-0.1, -0.05) is 0 Å². The number of nitrogens with zero attached hydrogens (tertiary/aromatic N) is 5. The summed E-state index contributed by atoms with van der Waals surface area (Å²) in [5, 5.41) is 0. The van der Waals surface area contributed by atoms with E-state index in [9.17, 15) is 4.79 Å². The van der Waals surface area contributed by atoms with Crippen LogP contribution in [-0.2, 0) is 0 Å². The average Bonchev–Trinajstić information content (AvgIpc) is 2.51. The summed E-state index contributed by atoms with van der Waals surface area (Å²) in [6.07, 6.45) is 4.77. The van der Waals surface area contributed by atoms with Gasteiger partial charge in [-0.15, -0.1) is 0 Å². The van der Waals surface area contributed by atoms with E-state index in [1.165, 1.54) is 0 Å². The van der Waals surface area contributed by atoms with Gasteiger partial charge < -0.3 is 14.8 Å². The molecule has 0 aromatic carbocycles. The summed E-state index contributed by atoms with van der Waals surface area (Å²) in [6.45, 7) is 7.16. The Labute approximate surface area is 122 Å². The zero-order chi connectivity index (χ0) is 14.8. The minimum absolute atomic E-state index is 0.139. The molecule has 7 nitrogen and oxygen atoms in total. The highest BCUT2D eigenvalue weighted by Crippen LogP contribution is 2.20. The lowest BCUT2D eigenvalue weighted by Crippen LogP contribution is -2.48. The third-order valence-electron chi connectivity index (χ3n) is 3.88. The van der Waals surface area contributed by atoms with E-state index < -0.39 is 0 Å². The van der Waals surface area contributed by atoms with Gasteiger partial charge in [-0.05, 0) is 13.8 Å². The van der Waals surface area contributed by atoms with Crippen LogP contribution in [0.5, 0.6) is 0 Å².